The highest BCUT2D eigenvalue weighted by atomic mass is 32.2. The maximum absolute atomic E-state index is 2.45. The van der Waals surface area contributed by atoms with Crippen molar-refractivity contribution in [2.75, 3.05) is 0 Å². The molecule has 3 aromatic carbocycles. The van der Waals surface area contributed by atoms with Crippen LogP contribution >= 0.6 is 23.5 Å². The van der Waals surface area contributed by atoms with Crippen LogP contribution in [0, 0.1) is 5.41 Å². The van der Waals surface area contributed by atoms with Gasteiger partial charge in [-0.05, 0) is 35.2 Å². The van der Waals surface area contributed by atoms with Crippen molar-refractivity contribution in [3.05, 3.63) is 103 Å². The lowest BCUT2D eigenvalue weighted by molar-refractivity contribution is 0.433. The van der Waals surface area contributed by atoms with Crippen LogP contribution in [0.2, 0.25) is 0 Å². The van der Waals surface area contributed by atoms with E-state index in [1.807, 2.05) is 23.5 Å². The summed E-state index contributed by atoms with van der Waals surface area (Å²) in [5, 5.41) is 0.367. The minimum atomic E-state index is 0.151. The Morgan fingerprint density at radius 3 is 1.70 bits per heavy atom. The topological polar surface area (TPSA) is 0 Å². The van der Waals surface area contributed by atoms with Crippen molar-refractivity contribution in [3.8, 4) is 0 Å². The third kappa shape index (κ3) is 6.05. The first kappa shape index (κ1) is 19.9. The molecule has 0 N–H and O–H groups in total. The Morgan fingerprint density at radius 2 is 1.19 bits per heavy atom. The molecule has 0 fully saturated rings. The Labute approximate surface area is 172 Å². The molecule has 0 aliphatic carbocycles. The minimum Gasteiger partial charge on any atom is -0.118 e. The van der Waals surface area contributed by atoms with E-state index >= 15 is 0 Å². The molecule has 1 unspecified atom stereocenters. The standard InChI is InChI=1S/C25H26S2/c1-25(2,3)24(27-22-17-11-6-12-18-22)19-23(20-13-7-4-8-14-20)26-21-15-9-5-10-16-21/h4-19,24H,1-3H3/b23-19-. The summed E-state index contributed by atoms with van der Waals surface area (Å²) in [6, 6.07) is 32.0. The van der Waals surface area contributed by atoms with Gasteiger partial charge in [0.1, 0.15) is 0 Å². The van der Waals surface area contributed by atoms with Gasteiger partial charge < -0.3 is 0 Å². The van der Waals surface area contributed by atoms with Gasteiger partial charge in [-0.3, -0.25) is 0 Å². The Bertz CT molecular complexity index is 847. The molecule has 27 heavy (non-hydrogen) atoms. The summed E-state index contributed by atoms with van der Waals surface area (Å²) in [4.78, 5) is 3.89. The Morgan fingerprint density at radius 1 is 0.704 bits per heavy atom. The predicted molar refractivity (Wildman–Crippen MR) is 122 cm³/mol. The zero-order valence-electron chi connectivity index (χ0n) is 16.1. The Kier molecular flexibility index (Phi) is 6.87. The average Bonchev–Trinajstić information content (AvgIpc) is 2.68. The molecule has 0 aliphatic heterocycles. The molecule has 0 nitrogen and oxygen atoms in total. The first-order valence-corrected chi connectivity index (χ1v) is 10.9. The van der Waals surface area contributed by atoms with Crippen LogP contribution in [0.4, 0.5) is 0 Å². The Hall–Kier alpha value is -1.90. The van der Waals surface area contributed by atoms with Crippen LogP contribution in [-0.4, -0.2) is 5.25 Å². The molecule has 138 valence electrons. The molecule has 3 aromatic rings. The summed E-state index contributed by atoms with van der Waals surface area (Å²) in [5.74, 6) is 0. The Balaban J connectivity index is 1.97. The summed E-state index contributed by atoms with van der Waals surface area (Å²) in [6.45, 7) is 6.96. The summed E-state index contributed by atoms with van der Waals surface area (Å²) in [6.07, 6.45) is 2.45. The van der Waals surface area contributed by atoms with Gasteiger partial charge in [0.2, 0.25) is 0 Å². The molecular formula is C25H26S2. The molecule has 1 atom stereocenters. The van der Waals surface area contributed by atoms with E-state index in [2.05, 4.69) is 118 Å². The molecule has 2 heteroatoms. The first-order chi connectivity index (χ1) is 13.0. The maximum atomic E-state index is 2.45. The van der Waals surface area contributed by atoms with Crippen molar-refractivity contribution in [2.24, 2.45) is 5.41 Å². The average molecular weight is 391 g/mol. The van der Waals surface area contributed by atoms with Crippen molar-refractivity contribution in [1.29, 1.82) is 0 Å². The third-order valence-electron chi connectivity index (χ3n) is 4.19. The molecule has 0 heterocycles. The molecule has 0 radical (unpaired) electrons. The van der Waals surface area contributed by atoms with Gasteiger partial charge in [0.15, 0.2) is 0 Å². The van der Waals surface area contributed by atoms with Gasteiger partial charge >= 0.3 is 0 Å². The fourth-order valence-electron chi connectivity index (χ4n) is 2.65. The van der Waals surface area contributed by atoms with Gasteiger partial charge in [0, 0.05) is 19.9 Å². The van der Waals surface area contributed by atoms with Crippen LogP contribution in [0.25, 0.3) is 4.91 Å². The number of hydrogen-bond acceptors (Lipinski definition) is 2. The van der Waals surface area contributed by atoms with Crippen LogP contribution < -0.4 is 0 Å². The van der Waals surface area contributed by atoms with Crippen molar-refractivity contribution >= 4 is 28.4 Å². The smallest absolute Gasteiger partial charge is 0.0336 e. The van der Waals surface area contributed by atoms with Gasteiger partial charge in [-0.1, -0.05) is 105 Å². The highest BCUT2D eigenvalue weighted by molar-refractivity contribution is 8.08. The monoisotopic (exact) mass is 390 g/mol. The van der Waals surface area contributed by atoms with Gasteiger partial charge in [0.25, 0.3) is 0 Å². The second-order valence-corrected chi connectivity index (χ2v) is 9.86. The summed E-state index contributed by atoms with van der Waals surface area (Å²) < 4.78 is 0. The normalized spacial score (nSPS) is 13.4. The van der Waals surface area contributed by atoms with Gasteiger partial charge in [-0.15, -0.1) is 11.8 Å². The molecule has 0 aliphatic rings. The molecule has 0 spiro atoms. The van der Waals surface area contributed by atoms with Crippen molar-refractivity contribution in [1.82, 2.24) is 0 Å². The van der Waals surface area contributed by atoms with Crippen LogP contribution in [0.5, 0.6) is 0 Å². The van der Waals surface area contributed by atoms with Crippen molar-refractivity contribution < 1.29 is 0 Å². The van der Waals surface area contributed by atoms with Crippen LogP contribution in [-0.2, 0) is 0 Å². The second kappa shape index (κ2) is 9.34. The van der Waals surface area contributed by atoms with E-state index in [0.717, 1.165) is 0 Å². The zero-order chi connectivity index (χ0) is 19.1. The van der Waals surface area contributed by atoms with E-state index in [9.17, 15) is 0 Å². The zero-order valence-corrected chi connectivity index (χ0v) is 17.8. The van der Waals surface area contributed by atoms with Gasteiger partial charge in [-0.2, -0.15) is 0 Å². The van der Waals surface area contributed by atoms with Crippen LogP contribution in [0.1, 0.15) is 26.3 Å². The van der Waals surface area contributed by atoms with E-state index in [0.29, 0.717) is 5.25 Å². The SMILES string of the molecule is CC(C)(C)C(/C=C(\Sc1ccccc1)c1ccccc1)Sc1ccccc1. The minimum absolute atomic E-state index is 0.151. The lowest BCUT2D eigenvalue weighted by Crippen LogP contribution is -2.21. The molecule has 3 rings (SSSR count). The fraction of sp³-hybridized carbons (Fsp3) is 0.200. The molecule has 0 aromatic heterocycles. The second-order valence-electron chi connectivity index (χ2n) is 7.53. The lowest BCUT2D eigenvalue weighted by atomic mass is 9.91. The quantitative estimate of drug-likeness (QED) is 0.391. The van der Waals surface area contributed by atoms with Crippen molar-refractivity contribution in [2.45, 2.75) is 35.8 Å². The van der Waals surface area contributed by atoms with E-state index < -0.39 is 0 Å². The molecular weight excluding hydrogens is 364 g/mol. The van der Waals surface area contributed by atoms with E-state index in [-0.39, 0.29) is 5.41 Å². The largest absolute Gasteiger partial charge is 0.118 e. The first-order valence-electron chi connectivity index (χ1n) is 9.24. The predicted octanol–water partition coefficient (Wildman–Crippen LogP) is 8.03. The van der Waals surface area contributed by atoms with E-state index in [4.69, 9.17) is 0 Å². The van der Waals surface area contributed by atoms with Crippen LogP contribution in [0.3, 0.4) is 0 Å². The molecule has 0 amide bonds. The summed E-state index contributed by atoms with van der Waals surface area (Å²) in [7, 11) is 0. The summed E-state index contributed by atoms with van der Waals surface area (Å²) >= 11 is 3.78. The lowest BCUT2D eigenvalue weighted by Gasteiger charge is -2.28. The van der Waals surface area contributed by atoms with Crippen molar-refractivity contribution in [3.63, 3.8) is 0 Å². The fourth-order valence-corrected chi connectivity index (χ4v) is 4.91. The number of rotatable bonds is 6. The van der Waals surface area contributed by atoms with Gasteiger partial charge in [-0.25, -0.2) is 0 Å². The number of benzene rings is 3. The van der Waals surface area contributed by atoms with Gasteiger partial charge in [0.05, 0.1) is 0 Å². The maximum Gasteiger partial charge on any atom is 0.0336 e. The number of thioether (sulfide) groups is 2. The highest BCUT2D eigenvalue weighted by Crippen LogP contribution is 2.41. The van der Waals surface area contributed by atoms with E-state index in [1.165, 1.54) is 20.3 Å². The molecule has 0 saturated heterocycles. The number of hydrogen-bond donors (Lipinski definition) is 0. The van der Waals surface area contributed by atoms with E-state index in [1.54, 1.807) is 0 Å². The third-order valence-corrected chi connectivity index (χ3v) is 6.93. The molecule has 0 bridgehead atoms. The van der Waals surface area contributed by atoms with Crippen LogP contribution in [0.15, 0.2) is 107 Å². The highest BCUT2D eigenvalue weighted by Gasteiger charge is 2.25. The summed E-state index contributed by atoms with van der Waals surface area (Å²) in [5.41, 5.74) is 1.42. The molecule has 0 saturated carbocycles.